The van der Waals surface area contributed by atoms with E-state index in [0.717, 1.165) is 46.4 Å². The maximum Gasteiger partial charge on any atom is 0.407 e. The van der Waals surface area contributed by atoms with E-state index in [-0.39, 0.29) is 13.2 Å². The molecule has 0 bridgehead atoms. The monoisotopic (exact) mass is 578 g/mol. The van der Waals surface area contributed by atoms with E-state index in [1.807, 2.05) is 0 Å². The number of carbonyl (C=O) groups is 1. The zero-order valence-electron chi connectivity index (χ0n) is 23.8. The second kappa shape index (κ2) is 12.5. The van der Waals surface area contributed by atoms with Gasteiger partial charge in [-0.1, -0.05) is 12.1 Å². The van der Waals surface area contributed by atoms with Crippen LogP contribution >= 0.6 is 11.3 Å². The number of halogens is 1. The number of carbonyl (C=O) groups excluding carboxylic acids is 1. The lowest BCUT2D eigenvalue weighted by molar-refractivity contribution is 0.0489. The molecule has 10 heteroatoms. The molecule has 216 valence electrons. The number of aryl methyl sites for hydroxylation is 1. The van der Waals surface area contributed by atoms with Crippen molar-refractivity contribution in [3.63, 3.8) is 0 Å². The van der Waals surface area contributed by atoms with Gasteiger partial charge < -0.3 is 24.8 Å². The van der Waals surface area contributed by atoms with Crippen LogP contribution in [0.5, 0.6) is 5.75 Å². The number of thiophene rings is 1. The normalized spacial score (nSPS) is 13.2. The zero-order chi connectivity index (χ0) is 29.0. The highest BCUT2D eigenvalue weighted by atomic mass is 32.1. The van der Waals surface area contributed by atoms with Crippen LogP contribution in [0.1, 0.15) is 37.5 Å². The Morgan fingerprint density at radius 1 is 1.07 bits per heavy atom. The Balaban J connectivity index is 1.30. The third-order valence-electron chi connectivity index (χ3n) is 6.64. The van der Waals surface area contributed by atoms with Crippen LogP contribution in [-0.2, 0) is 22.4 Å². The summed E-state index contributed by atoms with van der Waals surface area (Å²) in [4.78, 5) is 11.7. The van der Waals surface area contributed by atoms with Gasteiger partial charge in [0.05, 0.1) is 17.9 Å². The fourth-order valence-electron chi connectivity index (χ4n) is 4.77. The van der Waals surface area contributed by atoms with Crippen molar-refractivity contribution >= 4 is 27.5 Å². The van der Waals surface area contributed by atoms with Crippen LogP contribution in [0.25, 0.3) is 32.6 Å². The highest BCUT2D eigenvalue weighted by Gasteiger charge is 2.21. The highest BCUT2D eigenvalue weighted by Crippen LogP contribution is 2.41. The molecule has 1 amide bonds. The molecule has 41 heavy (non-hydrogen) atoms. The summed E-state index contributed by atoms with van der Waals surface area (Å²) >= 11 is 1.64. The summed E-state index contributed by atoms with van der Waals surface area (Å²) in [6.45, 7) is 10.4. The first-order valence-electron chi connectivity index (χ1n) is 13.7. The average molecular weight is 579 g/mol. The number of alkyl carbamates (subject to hydrolysis) is 1. The van der Waals surface area contributed by atoms with E-state index in [9.17, 15) is 9.18 Å². The van der Waals surface area contributed by atoms with Crippen LogP contribution in [0.3, 0.4) is 0 Å². The number of fused-ring (bicyclic) bond motifs is 2. The molecule has 0 atom stereocenters. The number of aromatic nitrogens is 2. The first-order valence-corrected chi connectivity index (χ1v) is 14.6. The van der Waals surface area contributed by atoms with Crippen LogP contribution < -0.4 is 15.4 Å². The molecule has 0 spiro atoms. The molecule has 2 N–H and O–H groups in total. The lowest BCUT2D eigenvalue weighted by Gasteiger charge is -2.19. The van der Waals surface area contributed by atoms with Crippen LogP contribution in [0.15, 0.2) is 41.8 Å². The van der Waals surface area contributed by atoms with E-state index < -0.39 is 17.5 Å². The maximum atomic E-state index is 14.3. The predicted octanol–water partition coefficient (Wildman–Crippen LogP) is 6.04. The Labute approximate surface area is 243 Å². The Morgan fingerprint density at radius 2 is 1.90 bits per heavy atom. The van der Waals surface area contributed by atoms with Crippen molar-refractivity contribution < 1.29 is 23.4 Å². The molecule has 0 aliphatic carbocycles. The summed E-state index contributed by atoms with van der Waals surface area (Å²) in [6, 6.07) is 11.0. The minimum absolute atomic E-state index is 0.199. The van der Waals surface area contributed by atoms with Crippen LogP contribution in [0, 0.1) is 12.7 Å². The van der Waals surface area contributed by atoms with E-state index in [4.69, 9.17) is 14.2 Å². The first kappa shape index (κ1) is 28.9. The minimum Gasteiger partial charge on any atom is -0.490 e. The molecule has 1 aliphatic heterocycles. The summed E-state index contributed by atoms with van der Waals surface area (Å²) in [5.74, 6) is -0.0339. The van der Waals surface area contributed by atoms with Crippen molar-refractivity contribution in [2.75, 3.05) is 32.9 Å². The molecule has 3 heterocycles. The van der Waals surface area contributed by atoms with Crippen molar-refractivity contribution in [1.82, 2.24) is 20.8 Å². The lowest BCUT2D eigenvalue weighted by Crippen LogP contribution is -2.34. The van der Waals surface area contributed by atoms with E-state index in [1.165, 1.54) is 23.3 Å². The summed E-state index contributed by atoms with van der Waals surface area (Å²) in [6.07, 6.45) is 0.495. The van der Waals surface area contributed by atoms with Gasteiger partial charge in [-0.15, -0.1) is 21.5 Å². The number of hydrogen-bond donors (Lipinski definition) is 2. The molecule has 4 aromatic rings. The molecule has 0 unspecified atom stereocenters. The van der Waals surface area contributed by atoms with E-state index >= 15 is 0 Å². The number of nitrogens with one attached hydrogen (secondary N) is 2. The number of benzene rings is 2. The van der Waals surface area contributed by atoms with Crippen LogP contribution in [0.4, 0.5) is 9.18 Å². The second-order valence-electron chi connectivity index (χ2n) is 11.0. The SMILES string of the molecule is Cc1csc2c(-c3ccc4c(c3)CCNC4)nnc(-c3ccc(F)cc3OCCOCCNC(=O)OC(C)(C)C)c12. The fourth-order valence-corrected chi connectivity index (χ4v) is 5.83. The molecule has 2 aromatic carbocycles. The van der Waals surface area contributed by atoms with Crippen LogP contribution in [0.2, 0.25) is 0 Å². The van der Waals surface area contributed by atoms with Gasteiger partial charge in [-0.25, -0.2) is 9.18 Å². The minimum atomic E-state index is -0.557. The Kier molecular flexibility index (Phi) is 8.82. The first-order chi connectivity index (χ1) is 19.7. The van der Waals surface area contributed by atoms with E-state index in [0.29, 0.717) is 30.2 Å². The maximum absolute atomic E-state index is 14.3. The third-order valence-corrected chi connectivity index (χ3v) is 7.75. The number of nitrogens with zero attached hydrogens (tertiary/aromatic N) is 2. The third kappa shape index (κ3) is 7.01. The van der Waals surface area contributed by atoms with Gasteiger partial charge in [0.2, 0.25) is 0 Å². The number of ether oxygens (including phenoxy) is 3. The predicted molar refractivity (Wildman–Crippen MR) is 159 cm³/mol. The molecule has 8 nitrogen and oxygen atoms in total. The van der Waals surface area contributed by atoms with Gasteiger partial charge in [0.1, 0.15) is 35.2 Å². The molecular formula is C31H35FN4O4S. The Hall–Kier alpha value is -3.60. The van der Waals surface area contributed by atoms with Gasteiger partial charge in [0.15, 0.2) is 0 Å². The highest BCUT2D eigenvalue weighted by molar-refractivity contribution is 7.18. The Bertz CT molecular complexity index is 1550. The molecule has 0 saturated carbocycles. The summed E-state index contributed by atoms with van der Waals surface area (Å²) in [7, 11) is 0. The summed E-state index contributed by atoms with van der Waals surface area (Å²) in [5, 5.41) is 18.5. The Morgan fingerprint density at radius 3 is 2.73 bits per heavy atom. The van der Waals surface area contributed by atoms with Gasteiger partial charge >= 0.3 is 6.09 Å². The van der Waals surface area contributed by atoms with Crippen molar-refractivity contribution in [2.45, 2.75) is 46.3 Å². The molecule has 5 rings (SSSR count). The van der Waals surface area contributed by atoms with Gasteiger partial charge in [0, 0.05) is 35.7 Å². The van der Waals surface area contributed by atoms with Gasteiger partial charge in [-0.2, -0.15) is 0 Å². The van der Waals surface area contributed by atoms with E-state index in [2.05, 4.69) is 51.3 Å². The van der Waals surface area contributed by atoms with Gasteiger partial charge in [-0.05, 0) is 80.9 Å². The van der Waals surface area contributed by atoms with Crippen molar-refractivity contribution in [3.8, 4) is 28.3 Å². The zero-order valence-corrected chi connectivity index (χ0v) is 24.6. The smallest absolute Gasteiger partial charge is 0.407 e. The standard InChI is InChI=1S/C31H35FN4O4S/c1-19-18-41-29-26(19)28(36-35-27(29)21-5-6-22-17-33-10-9-20(22)15-21)24-8-7-23(32)16-25(24)39-14-13-38-12-11-34-30(37)40-31(2,3)4/h5-8,15-16,18,33H,9-14,17H2,1-4H3,(H,34,37). The van der Waals surface area contributed by atoms with Gasteiger partial charge in [-0.3, -0.25) is 0 Å². The van der Waals surface area contributed by atoms with Gasteiger partial charge in [0.25, 0.3) is 0 Å². The summed E-state index contributed by atoms with van der Waals surface area (Å²) < 4.78 is 32.1. The quantitative estimate of drug-likeness (QED) is 0.234. The van der Waals surface area contributed by atoms with Crippen LogP contribution in [-0.4, -0.2) is 54.8 Å². The molecule has 1 aliphatic rings. The number of rotatable bonds is 9. The molecule has 0 radical (unpaired) electrons. The largest absolute Gasteiger partial charge is 0.490 e. The fraction of sp³-hybridized carbons (Fsp3) is 0.387. The topological polar surface area (TPSA) is 94.6 Å². The van der Waals surface area contributed by atoms with E-state index in [1.54, 1.807) is 38.2 Å². The molecule has 2 aromatic heterocycles. The van der Waals surface area contributed by atoms with Crippen molar-refractivity contribution in [3.05, 3.63) is 64.3 Å². The molecular weight excluding hydrogens is 543 g/mol. The average Bonchev–Trinajstić information content (AvgIpc) is 3.32. The number of amides is 1. The molecule has 0 fully saturated rings. The molecule has 0 saturated heterocycles. The van der Waals surface area contributed by atoms with Crippen molar-refractivity contribution in [1.29, 1.82) is 0 Å². The van der Waals surface area contributed by atoms with Crippen molar-refractivity contribution in [2.24, 2.45) is 0 Å². The second-order valence-corrected chi connectivity index (χ2v) is 11.8. The number of hydrogen-bond acceptors (Lipinski definition) is 8. The summed E-state index contributed by atoms with van der Waals surface area (Å²) in [5.41, 5.74) is 6.39. The lowest BCUT2D eigenvalue weighted by atomic mass is 9.96.